The highest BCUT2D eigenvalue weighted by Crippen LogP contribution is 2.32. The van der Waals surface area contributed by atoms with E-state index in [0.717, 1.165) is 30.2 Å². The number of hydrogen-bond acceptors (Lipinski definition) is 6. The van der Waals surface area contributed by atoms with Gasteiger partial charge in [-0.2, -0.15) is 0 Å². The lowest BCUT2D eigenvalue weighted by molar-refractivity contribution is 0.447. The SMILES string of the molecule is CCC1CCCCN1c1ncnc(Nc2ccc(C)cn2)c1N. The van der Waals surface area contributed by atoms with Gasteiger partial charge in [0.15, 0.2) is 11.6 Å². The van der Waals surface area contributed by atoms with Crippen molar-refractivity contribution in [3.63, 3.8) is 0 Å². The third-order valence-corrected chi connectivity index (χ3v) is 4.39. The van der Waals surface area contributed by atoms with Gasteiger partial charge in [-0.05, 0) is 44.2 Å². The maximum atomic E-state index is 6.35. The molecule has 3 N–H and O–H groups in total. The first-order valence-corrected chi connectivity index (χ1v) is 8.26. The molecule has 1 unspecified atom stereocenters. The summed E-state index contributed by atoms with van der Waals surface area (Å²) < 4.78 is 0. The Labute approximate surface area is 137 Å². The van der Waals surface area contributed by atoms with Gasteiger partial charge in [0.05, 0.1) is 0 Å². The molecule has 2 aromatic heterocycles. The van der Waals surface area contributed by atoms with Gasteiger partial charge in [0.2, 0.25) is 0 Å². The minimum absolute atomic E-state index is 0.506. The highest BCUT2D eigenvalue weighted by molar-refractivity contribution is 5.77. The van der Waals surface area contributed by atoms with Crippen LogP contribution in [0, 0.1) is 6.92 Å². The van der Waals surface area contributed by atoms with Crippen molar-refractivity contribution in [3.05, 3.63) is 30.2 Å². The molecule has 0 saturated carbocycles. The number of rotatable bonds is 4. The maximum Gasteiger partial charge on any atom is 0.160 e. The molecule has 0 spiro atoms. The van der Waals surface area contributed by atoms with Crippen LogP contribution in [0.5, 0.6) is 0 Å². The fraction of sp³-hybridized carbons (Fsp3) is 0.471. The summed E-state index contributed by atoms with van der Waals surface area (Å²) in [5, 5.41) is 3.20. The number of nitrogens with zero attached hydrogens (tertiary/aromatic N) is 4. The van der Waals surface area contributed by atoms with Crippen molar-refractivity contribution in [2.75, 3.05) is 22.5 Å². The van der Waals surface area contributed by atoms with Gasteiger partial charge < -0.3 is 16.0 Å². The molecule has 1 aliphatic rings. The van der Waals surface area contributed by atoms with Crippen LogP contribution >= 0.6 is 0 Å². The number of aryl methyl sites for hydroxylation is 1. The predicted octanol–water partition coefficient (Wildman–Crippen LogP) is 3.27. The van der Waals surface area contributed by atoms with E-state index in [2.05, 4.69) is 32.1 Å². The fourth-order valence-electron chi connectivity index (χ4n) is 3.08. The number of anilines is 4. The number of nitrogen functional groups attached to an aromatic ring is 1. The third-order valence-electron chi connectivity index (χ3n) is 4.39. The highest BCUT2D eigenvalue weighted by Gasteiger charge is 2.24. The number of aromatic nitrogens is 3. The average molecular weight is 312 g/mol. The largest absolute Gasteiger partial charge is 0.393 e. The summed E-state index contributed by atoms with van der Waals surface area (Å²) in [6, 6.07) is 4.43. The Balaban J connectivity index is 1.87. The topological polar surface area (TPSA) is 80.0 Å². The molecule has 1 atom stereocenters. The van der Waals surface area contributed by atoms with E-state index in [-0.39, 0.29) is 0 Å². The van der Waals surface area contributed by atoms with Crippen LogP contribution in [-0.2, 0) is 0 Å². The molecule has 3 rings (SSSR count). The normalized spacial score (nSPS) is 18.0. The Morgan fingerprint density at radius 2 is 2.13 bits per heavy atom. The molecule has 2 aromatic rings. The van der Waals surface area contributed by atoms with E-state index in [9.17, 15) is 0 Å². The van der Waals surface area contributed by atoms with Crippen LogP contribution in [-0.4, -0.2) is 27.5 Å². The molecule has 1 fully saturated rings. The molecule has 23 heavy (non-hydrogen) atoms. The third kappa shape index (κ3) is 3.36. The van der Waals surface area contributed by atoms with Crippen LogP contribution in [0.4, 0.5) is 23.1 Å². The monoisotopic (exact) mass is 312 g/mol. The first-order valence-electron chi connectivity index (χ1n) is 8.26. The van der Waals surface area contributed by atoms with E-state index in [1.807, 2.05) is 25.3 Å². The molecule has 0 amide bonds. The molecular weight excluding hydrogens is 288 g/mol. The Kier molecular flexibility index (Phi) is 4.60. The standard InChI is InChI=1S/C17H24N6/c1-3-13-6-4-5-9-23(13)17-15(18)16(20-11-21-17)22-14-8-7-12(2)10-19-14/h7-8,10-11,13H,3-6,9,18H2,1-2H3,(H,19,20,21,22). The van der Waals surface area contributed by atoms with Gasteiger partial charge >= 0.3 is 0 Å². The fourth-order valence-corrected chi connectivity index (χ4v) is 3.08. The zero-order valence-corrected chi connectivity index (χ0v) is 13.8. The predicted molar refractivity (Wildman–Crippen MR) is 94.0 cm³/mol. The number of hydrogen-bond donors (Lipinski definition) is 2. The van der Waals surface area contributed by atoms with Gasteiger partial charge in [0.1, 0.15) is 17.8 Å². The highest BCUT2D eigenvalue weighted by atomic mass is 15.2. The average Bonchev–Trinajstić information content (AvgIpc) is 2.59. The molecule has 6 nitrogen and oxygen atoms in total. The maximum absolute atomic E-state index is 6.35. The van der Waals surface area contributed by atoms with Crippen molar-refractivity contribution >= 4 is 23.1 Å². The number of nitrogens with one attached hydrogen (secondary N) is 1. The smallest absolute Gasteiger partial charge is 0.160 e. The molecule has 1 saturated heterocycles. The summed E-state index contributed by atoms with van der Waals surface area (Å²) in [5.74, 6) is 2.19. The van der Waals surface area contributed by atoms with Crippen molar-refractivity contribution in [2.24, 2.45) is 0 Å². The molecule has 122 valence electrons. The minimum Gasteiger partial charge on any atom is -0.393 e. The number of piperidine rings is 1. The molecule has 0 bridgehead atoms. The van der Waals surface area contributed by atoms with Crippen LogP contribution in [0.25, 0.3) is 0 Å². The molecule has 0 aliphatic carbocycles. The second kappa shape index (κ2) is 6.81. The second-order valence-electron chi connectivity index (χ2n) is 6.06. The van der Waals surface area contributed by atoms with Gasteiger partial charge in [-0.1, -0.05) is 13.0 Å². The van der Waals surface area contributed by atoms with Crippen molar-refractivity contribution < 1.29 is 0 Å². The molecule has 0 radical (unpaired) electrons. The van der Waals surface area contributed by atoms with E-state index in [1.165, 1.54) is 19.3 Å². The minimum atomic E-state index is 0.506. The lowest BCUT2D eigenvalue weighted by atomic mass is 10.00. The van der Waals surface area contributed by atoms with Crippen LogP contribution < -0.4 is 16.0 Å². The van der Waals surface area contributed by atoms with Gasteiger partial charge in [-0.25, -0.2) is 15.0 Å². The van der Waals surface area contributed by atoms with Crippen LogP contribution in [0.3, 0.4) is 0 Å². The molecule has 1 aliphatic heterocycles. The summed E-state index contributed by atoms with van der Waals surface area (Å²) in [4.78, 5) is 15.4. The van der Waals surface area contributed by atoms with Crippen molar-refractivity contribution in [1.82, 2.24) is 15.0 Å². The summed E-state index contributed by atoms with van der Waals surface area (Å²) in [5.41, 5.74) is 8.06. The summed E-state index contributed by atoms with van der Waals surface area (Å²) in [6.07, 6.45) is 8.15. The van der Waals surface area contributed by atoms with Crippen LogP contribution in [0.15, 0.2) is 24.7 Å². The second-order valence-corrected chi connectivity index (χ2v) is 6.06. The lowest BCUT2D eigenvalue weighted by Gasteiger charge is -2.36. The van der Waals surface area contributed by atoms with Gasteiger partial charge in [-0.3, -0.25) is 0 Å². The van der Waals surface area contributed by atoms with E-state index in [1.54, 1.807) is 6.33 Å². The summed E-state index contributed by atoms with van der Waals surface area (Å²) in [7, 11) is 0. The van der Waals surface area contributed by atoms with Gasteiger partial charge in [-0.15, -0.1) is 0 Å². The number of pyridine rings is 1. The van der Waals surface area contributed by atoms with E-state index >= 15 is 0 Å². The number of nitrogens with two attached hydrogens (primary N) is 1. The Morgan fingerprint density at radius 3 is 2.87 bits per heavy atom. The van der Waals surface area contributed by atoms with Crippen LogP contribution in [0.2, 0.25) is 0 Å². The summed E-state index contributed by atoms with van der Waals surface area (Å²) >= 11 is 0. The zero-order chi connectivity index (χ0) is 16.2. The molecule has 6 heteroatoms. The zero-order valence-electron chi connectivity index (χ0n) is 13.8. The molecule has 3 heterocycles. The van der Waals surface area contributed by atoms with E-state index in [0.29, 0.717) is 17.5 Å². The van der Waals surface area contributed by atoms with E-state index in [4.69, 9.17) is 5.73 Å². The Hall–Kier alpha value is -2.37. The quantitative estimate of drug-likeness (QED) is 0.902. The van der Waals surface area contributed by atoms with Crippen molar-refractivity contribution in [1.29, 1.82) is 0 Å². The lowest BCUT2D eigenvalue weighted by Crippen LogP contribution is -2.40. The van der Waals surface area contributed by atoms with Crippen LogP contribution in [0.1, 0.15) is 38.2 Å². The first kappa shape index (κ1) is 15.5. The Bertz CT molecular complexity index is 655. The molecular formula is C17H24N6. The van der Waals surface area contributed by atoms with Crippen molar-refractivity contribution in [2.45, 2.75) is 45.6 Å². The molecule has 0 aromatic carbocycles. The van der Waals surface area contributed by atoms with E-state index < -0.39 is 0 Å². The van der Waals surface area contributed by atoms with Gasteiger partial charge in [0, 0.05) is 18.8 Å². The van der Waals surface area contributed by atoms with Crippen molar-refractivity contribution in [3.8, 4) is 0 Å². The summed E-state index contributed by atoms with van der Waals surface area (Å²) in [6.45, 7) is 5.23. The first-order chi connectivity index (χ1) is 11.2. The Morgan fingerprint density at radius 1 is 1.26 bits per heavy atom. The van der Waals surface area contributed by atoms with Gasteiger partial charge in [0.25, 0.3) is 0 Å².